The minimum Gasteiger partial charge on any atom is -0.396 e. The highest BCUT2D eigenvalue weighted by molar-refractivity contribution is 7.99. The van der Waals surface area contributed by atoms with Crippen molar-refractivity contribution in [2.75, 3.05) is 30.5 Å². The third-order valence-corrected chi connectivity index (χ3v) is 5.03. The lowest BCUT2D eigenvalue weighted by Gasteiger charge is -2.17. The molecule has 0 saturated heterocycles. The van der Waals surface area contributed by atoms with Crippen LogP contribution >= 0.6 is 23.1 Å². The Labute approximate surface area is 118 Å². The highest BCUT2D eigenvalue weighted by Crippen LogP contribution is 2.44. The molecule has 0 atom stereocenters. The van der Waals surface area contributed by atoms with Crippen molar-refractivity contribution in [1.82, 2.24) is 0 Å². The van der Waals surface area contributed by atoms with Crippen LogP contribution in [0.25, 0.3) is 0 Å². The standard InChI is InChI=1S/C13H22N2OS2/c1-6-7-15(4)13-12(17-5)9(14)11(18-13)10(16)8(2)3/h8H,6-7,14H2,1-5H3. The van der Waals surface area contributed by atoms with E-state index >= 15 is 0 Å². The average molecular weight is 286 g/mol. The zero-order valence-corrected chi connectivity index (χ0v) is 13.4. The van der Waals surface area contributed by atoms with Crippen LogP contribution in [0.15, 0.2) is 4.90 Å². The zero-order valence-electron chi connectivity index (χ0n) is 11.7. The topological polar surface area (TPSA) is 46.3 Å². The predicted molar refractivity (Wildman–Crippen MR) is 83.2 cm³/mol. The van der Waals surface area contributed by atoms with E-state index in [2.05, 4.69) is 18.9 Å². The average Bonchev–Trinajstić information content (AvgIpc) is 2.65. The van der Waals surface area contributed by atoms with E-state index < -0.39 is 0 Å². The van der Waals surface area contributed by atoms with Crippen molar-refractivity contribution < 1.29 is 4.79 Å². The van der Waals surface area contributed by atoms with Gasteiger partial charge in [0.1, 0.15) is 5.00 Å². The number of ketones is 1. The van der Waals surface area contributed by atoms with E-state index in [1.54, 1.807) is 11.8 Å². The number of carbonyl (C=O) groups excluding carboxylic acids is 1. The van der Waals surface area contributed by atoms with Crippen LogP contribution in [-0.2, 0) is 0 Å². The van der Waals surface area contributed by atoms with Crippen LogP contribution in [0.4, 0.5) is 10.7 Å². The molecule has 0 saturated carbocycles. The molecule has 0 aliphatic heterocycles. The molecule has 102 valence electrons. The van der Waals surface area contributed by atoms with E-state index in [0.717, 1.165) is 22.9 Å². The van der Waals surface area contributed by atoms with Crippen LogP contribution in [0.3, 0.4) is 0 Å². The molecule has 0 amide bonds. The number of carbonyl (C=O) groups is 1. The van der Waals surface area contributed by atoms with Gasteiger partial charge in [0.15, 0.2) is 5.78 Å². The molecule has 0 aliphatic rings. The van der Waals surface area contributed by atoms with E-state index in [1.807, 2.05) is 20.1 Å². The van der Waals surface area contributed by atoms with Gasteiger partial charge in [-0.25, -0.2) is 0 Å². The second-order valence-corrected chi connectivity index (χ2v) is 6.44. The molecule has 18 heavy (non-hydrogen) atoms. The summed E-state index contributed by atoms with van der Waals surface area (Å²) in [5, 5.41) is 1.12. The molecule has 0 spiro atoms. The van der Waals surface area contributed by atoms with Crippen molar-refractivity contribution in [3.63, 3.8) is 0 Å². The monoisotopic (exact) mass is 286 g/mol. The lowest BCUT2D eigenvalue weighted by Crippen LogP contribution is -2.17. The fraction of sp³-hybridized carbons (Fsp3) is 0.615. The number of nitrogens with two attached hydrogens (primary N) is 1. The molecule has 1 aromatic heterocycles. The van der Waals surface area contributed by atoms with Gasteiger partial charge in [0.2, 0.25) is 0 Å². The number of thioether (sulfide) groups is 1. The van der Waals surface area contributed by atoms with Gasteiger partial charge in [-0.2, -0.15) is 0 Å². The van der Waals surface area contributed by atoms with E-state index in [-0.39, 0.29) is 11.7 Å². The van der Waals surface area contributed by atoms with E-state index in [9.17, 15) is 4.79 Å². The number of Topliss-reactive ketones (excluding diaryl/α,β-unsaturated/α-hetero) is 1. The Balaban J connectivity index is 3.20. The smallest absolute Gasteiger partial charge is 0.177 e. The van der Waals surface area contributed by atoms with Crippen molar-refractivity contribution in [1.29, 1.82) is 0 Å². The quantitative estimate of drug-likeness (QED) is 0.639. The molecule has 0 radical (unpaired) electrons. The maximum Gasteiger partial charge on any atom is 0.177 e. The highest BCUT2D eigenvalue weighted by atomic mass is 32.2. The van der Waals surface area contributed by atoms with Gasteiger partial charge < -0.3 is 10.6 Å². The lowest BCUT2D eigenvalue weighted by molar-refractivity contribution is 0.0944. The van der Waals surface area contributed by atoms with Crippen LogP contribution in [-0.4, -0.2) is 25.6 Å². The van der Waals surface area contributed by atoms with Gasteiger partial charge in [-0.15, -0.1) is 23.1 Å². The zero-order chi connectivity index (χ0) is 13.9. The van der Waals surface area contributed by atoms with Crippen molar-refractivity contribution in [2.45, 2.75) is 32.1 Å². The molecule has 0 aliphatic carbocycles. The molecule has 2 N–H and O–H groups in total. The van der Waals surface area contributed by atoms with Gasteiger partial charge in [-0.05, 0) is 12.7 Å². The lowest BCUT2D eigenvalue weighted by atomic mass is 10.1. The van der Waals surface area contributed by atoms with E-state index in [4.69, 9.17) is 5.73 Å². The molecule has 0 fully saturated rings. The van der Waals surface area contributed by atoms with E-state index in [1.165, 1.54) is 11.3 Å². The summed E-state index contributed by atoms with van der Waals surface area (Å²) in [7, 11) is 2.05. The molecule has 0 bridgehead atoms. The summed E-state index contributed by atoms with van der Waals surface area (Å²) in [6.45, 7) is 6.95. The number of nitrogen functional groups attached to an aromatic ring is 1. The van der Waals surface area contributed by atoms with Crippen LogP contribution in [0.1, 0.15) is 36.9 Å². The number of rotatable bonds is 6. The van der Waals surface area contributed by atoms with Gasteiger partial charge in [0, 0.05) is 19.5 Å². The van der Waals surface area contributed by atoms with Gasteiger partial charge >= 0.3 is 0 Å². The number of thiophene rings is 1. The maximum absolute atomic E-state index is 12.1. The SMILES string of the molecule is CCCN(C)c1sc(C(=O)C(C)C)c(N)c1SC. The Morgan fingerprint density at radius 2 is 2.11 bits per heavy atom. The molecule has 3 nitrogen and oxygen atoms in total. The highest BCUT2D eigenvalue weighted by Gasteiger charge is 2.23. The largest absolute Gasteiger partial charge is 0.396 e. The Kier molecular flexibility index (Phi) is 5.53. The molecule has 1 heterocycles. The number of anilines is 2. The Morgan fingerprint density at radius 1 is 1.50 bits per heavy atom. The minimum atomic E-state index is -0.00927. The predicted octanol–water partition coefficient (Wildman–Crippen LogP) is 3.74. The van der Waals surface area contributed by atoms with Gasteiger partial charge in [0.05, 0.1) is 15.5 Å². The summed E-state index contributed by atoms with van der Waals surface area (Å²) in [6.07, 6.45) is 3.08. The first-order chi connectivity index (χ1) is 8.43. The van der Waals surface area contributed by atoms with Gasteiger partial charge in [-0.1, -0.05) is 20.8 Å². The second kappa shape index (κ2) is 6.48. The number of hydrogen-bond donors (Lipinski definition) is 1. The Morgan fingerprint density at radius 3 is 2.56 bits per heavy atom. The number of hydrogen-bond acceptors (Lipinski definition) is 5. The summed E-state index contributed by atoms with van der Waals surface area (Å²) in [6, 6.07) is 0. The summed E-state index contributed by atoms with van der Waals surface area (Å²) in [5.41, 5.74) is 6.79. The number of nitrogens with zero attached hydrogens (tertiary/aromatic N) is 1. The third kappa shape index (κ3) is 3.01. The minimum absolute atomic E-state index is 0.00927. The molecular weight excluding hydrogens is 264 g/mol. The van der Waals surface area contributed by atoms with Crippen molar-refractivity contribution in [2.24, 2.45) is 5.92 Å². The van der Waals surface area contributed by atoms with E-state index in [0.29, 0.717) is 10.6 Å². The van der Waals surface area contributed by atoms with Gasteiger partial charge in [-0.3, -0.25) is 4.79 Å². The summed E-state index contributed by atoms with van der Waals surface area (Å²) >= 11 is 3.14. The maximum atomic E-state index is 12.1. The molecular formula is C13H22N2OS2. The van der Waals surface area contributed by atoms with Crippen LogP contribution in [0.5, 0.6) is 0 Å². The second-order valence-electron chi connectivity index (χ2n) is 4.62. The first-order valence-electron chi connectivity index (χ1n) is 6.15. The normalized spacial score (nSPS) is 11.0. The van der Waals surface area contributed by atoms with Crippen molar-refractivity contribution in [3.8, 4) is 0 Å². The first-order valence-corrected chi connectivity index (χ1v) is 8.19. The summed E-state index contributed by atoms with van der Waals surface area (Å²) in [5.74, 6) is 0.133. The van der Waals surface area contributed by atoms with Gasteiger partial charge in [0.25, 0.3) is 0 Å². The van der Waals surface area contributed by atoms with Crippen LogP contribution < -0.4 is 10.6 Å². The molecule has 1 aromatic rings. The Bertz CT molecular complexity index is 427. The fourth-order valence-corrected chi connectivity index (χ4v) is 4.03. The van der Waals surface area contributed by atoms with Crippen molar-refractivity contribution >= 4 is 39.6 Å². The summed E-state index contributed by atoms with van der Waals surface area (Å²) < 4.78 is 0. The molecule has 5 heteroatoms. The van der Waals surface area contributed by atoms with Crippen molar-refractivity contribution in [3.05, 3.63) is 4.88 Å². The third-order valence-electron chi connectivity index (χ3n) is 2.74. The molecule has 0 unspecified atom stereocenters. The first kappa shape index (κ1) is 15.4. The van der Waals surface area contributed by atoms with Crippen LogP contribution in [0.2, 0.25) is 0 Å². The fourth-order valence-electron chi connectivity index (χ4n) is 1.75. The summed E-state index contributed by atoms with van der Waals surface area (Å²) in [4.78, 5) is 16.1. The molecule has 0 aromatic carbocycles. The van der Waals surface area contributed by atoms with Crippen LogP contribution in [0, 0.1) is 5.92 Å². The molecule has 1 rings (SSSR count). The Hall–Kier alpha value is -0.680.